The molecular formula is C20H28N4O5. The molecular weight excluding hydrogens is 376 g/mol. The van der Waals surface area contributed by atoms with Gasteiger partial charge >= 0.3 is 6.09 Å². The number of hydrazone groups is 1. The minimum Gasteiger partial charge on any atom is -0.444 e. The molecule has 2 saturated heterocycles. The van der Waals surface area contributed by atoms with E-state index in [1.165, 1.54) is 4.90 Å². The Morgan fingerprint density at radius 2 is 2.10 bits per heavy atom. The van der Waals surface area contributed by atoms with E-state index in [9.17, 15) is 14.9 Å². The second-order valence-electron chi connectivity index (χ2n) is 8.35. The van der Waals surface area contributed by atoms with Crippen LogP contribution in [0.3, 0.4) is 0 Å². The molecule has 3 rings (SSSR count). The maximum Gasteiger partial charge on any atom is 0.417 e. The van der Waals surface area contributed by atoms with Crippen molar-refractivity contribution in [3.8, 4) is 0 Å². The molecule has 9 heteroatoms. The van der Waals surface area contributed by atoms with Crippen LogP contribution in [0.1, 0.15) is 37.0 Å². The molecule has 1 atom stereocenters. The molecule has 1 amide bonds. The van der Waals surface area contributed by atoms with E-state index < -0.39 is 11.1 Å². The lowest BCUT2D eigenvalue weighted by molar-refractivity contribution is -0.486. The number of amides is 1. The van der Waals surface area contributed by atoms with E-state index >= 15 is 0 Å². The molecule has 1 aromatic carbocycles. The average molecular weight is 404 g/mol. The molecule has 0 saturated carbocycles. The summed E-state index contributed by atoms with van der Waals surface area (Å²) in [6.45, 7) is 10.1. The van der Waals surface area contributed by atoms with Crippen molar-refractivity contribution in [1.82, 2.24) is 9.80 Å². The number of benzene rings is 1. The van der Waals surface area contributed by atoms with Gasteiger partial charge < -0.3 is 14.4 Å². The van der Waals surface area contributed by atoms with Crippen molar-refractivity contribution in [3.63, 3.8) is 0 Å². The van der Waals surface area contributed by atoms with Crippen LogP contribution in [-0.4, -0.2) is 58.7 Å². The van der Waals surface area contributed by atoms with E-state index in [-0.39, 0.29) is 24.1 Å². The standard InChI is InChI=1S/C20H28N4O5/c1-14-5-6-16(9-15(14)2)12-28-19(25)23-8-7-22(18(23)21-24(26)27)11-17-10-20(3,4)29-13-17/h5-6,9,17H,7-8,10-13H2,1-4H3. The molecule has 0 aromatic heterocycles. The summed E-state index contributed by atoms with van der Waals surface area (Å²) in [6, 6.07) is 5.84. The number of aryl methyl sites for hydroxylation is 2. The summed E-state index contributed by atoms with van der Waals surface area (Å²) >= 11 is 0. The Labute approximate surface area is 170 Å². The fourth-order valence-electron chi connectivity index (χ4n) is 3.83. The number of hydrogen-bond acceptors (Lipinski definition) is 5. The van der Waals surface area contributed by atoms with Gasteiger partial charge in [0.2, 0.25) is 0 Å². The van der Waals surface area contributed by atoms with Crippen molar-refractivity contribution in [2.75, 3.05) is 26.2 Å². The average Bonchev–Trinajstić information content (AvgIpc) is 3.18. The Morgan fingerprint density at radius 3 is 2.72 bits per heavy atom. The predicted octanol–water partition coefficient (Wildman–Crippen LogP) is 2.92. The molecule has 0 radical (unpaired) electrons. The lowest BCUT2D eigenvalue weighted by Gasteiger charge is -2.22. The Kier molecular flexibility index (Phi) is 6.07. The zero-order valence-electron chi connectivity index (χ0n) is 17.4. The second-order valence-corrected chi connectivity index (χ2v) is 8.35. The highest BCUT2D eigenvalue weighted by Gasteiger charge is 2.39. The molecule has 29 heavy (non-hydrogen) atoms. The highest BCUT2D eigenvalue weighted by molar-refractivity contribution is 5.95. The van der Waals surface area contributed by atoms with Gasteiger partial charge in [-0.1, -0.05) is 18.2 Å². The summed E-state index contributed by atoms with van der Waals surface area (Å²) < 4.78 is 11.2. The fraction of sp³-hybridized carbons (Fsp3) is 0.600. The van der Waals surface area contributed by atoms with Crippen LogP contribution < -0.4 is 0 Å². The summed E-state index contributed by atoms with van der Waals surface area (Å²) in [5, 5.41) is 13.7. The number of ether oxygens (including phenoxy) is 2. The van der Waals surface area contributed by atoms with Crippen molar-refractivity contribution >= 4 is 12.1 Å². The van der Waals surface area contributed by atoms with Gasteiger partial charge in [-0.05, 0) is 50.8 Å². The maximum atomic E-state index is 12.6. The van der Waals surface area contributed by atoms with Gasteiger partial charge in [0.05, 0.1) is 18.8 Å². The molecule has 2 fully saturated rings. The lowest BCUT2D eigenvalue weighted by Crippen LogP contribution is -2.40. The van der Waals surface area contributed by atoms with Crippen LogP contribution in [-0.2, 0) is 16.1 Å². The van der Waals surface area contributed by atoms with Gasteiger partial charge in [-0.2, -0.15) is 0 Å². The van der Waals surface area contributed by atoms with Gasteiger partial charge in [0.1, 0.15) is 11.7 Å². The van der Waals surface area contributed by atoms with Crippen molar-refractivity contribution < 1.29 is 19.3 Å². The van der Waals surface area contributed by atoms with Crippen LogP contribution in [0.25, 0.3) is 0 Å². The van der Waals surface area contributed by atoms with Crippen molar-refractivity contribution in [3.05, 3.63) is 45.0 Å². The van der Waals surface area contributed by atoms with Crippen molar-refractivity contribution in [2.24, 2.45) is 11.0 Å². The molecule has 1 unspecified atom stereocenters. The smallest absolute Gasteiger partial charge is 0.417 e. The minimum atomic E-state index is -0.771. The molecule has 1 aromatic rings. The molecule has 0 bridgehead atoms. The molecule has 0 aliphatic carbocycles. The van der Waals surface area contributed by atoms with Gasteiger partial charge in [-0.15, -0.1) is 0 Å². The Balaban J connectivity index is 1.65. The van der Waals surface area contributed by atoms with E-state index in [4.69, 9.17) is 9.47 Å². The highest BCUT2D eigenvalue weighted by Crippen LogP contribution is 2.30. The Hall–Kier alpha value is -2.68. The quantitative estimate of drug-likeness (QED) is 0.553. The fourth-order valence-corrected chi connectivity index (χ4v) is 3.83. The van der Waals surface area contributed by atoms with Gasteiger partial charge in [0.25, 0.3) is 5.96 Å². The number of nitro groups is 1. The zero-order valence-corrected chi connectivity index (χ0v) is 17.4. The van der Waals surface area contributed by atoms with Crippen LogP contribution in [0.2, 0.25) is 0 Å². The van der Waals surface area contributed by atoms with Gasteiger partial charge in [-0.3, -0.25) is 0 Å². The zero-order chi connectivity index (χ0) is 21.2. The number of guanidine groups is 1. The van der Waals surface area contributed by atoms with E-state index in [1.807, 2.05) is 45.9 Å². The summed E-state index contributed by atoms with van der Waals surface area (Å²) in [4.78, 5) is 26.7. The first-order valence-corrected chi connectivity index (χ1v) is 9.77. The van der Waals surface area contributed by atoms with Crippen molar-refractivity contribution in [2.45, 2.75) is 46.3 Å². The SMILES string of the molecule is Cc1ccc(COC(=O)N2CCN(CC3COC(C)(C)C3)C2=N[N+](=O)[O-])cc1C. The molecule has 9 nitrogen and oxygen atoms in total. The Bertz CT molecular complexity index is 823. The summed E-state index contributed by atoms with van der Waals surface area (Å²) in [5.41, 5.74) is 2.95. The van der Waals surface area contributed by atoms with Crippen LogP contribution in [0.15, 0.2) is 23.3 Å². The summed E-state index contributed by atoms with van der Waals surface area (Å²) in [5.74, 6) is 0.262. The van der Waals surface area contributed by atoms with Crippen LogP contribution in [0, 0.1) is 29.9 Å². The third-order valence-electron chi connectivity index (χ3n) is 5.41. The van der Waals surface area contributed by atoms with Crippen LogP contribution in [0.5, 0.6) is 0 Å². The first-order chi connectivity index (χ1) is 13.6. The number of hydrogen-bond donors (Lipinski definition) is 0. The monoisotopic (exact) mass is 404 g/mol. The minimum absolute atomic E-state index is 0.0322. The summed E-state index contributed by atoms with van der Waals surface area (Å²) in [6.07, 6.45) is 0.223. The second kappa shape index (κ2) is 8.36. The van der Waals surface area contributed by atoms with E-state index in [1.54, 1.807) is 4.90 Å². The number of carbonyl (C=O) groups is 1. The van der Waals surface area contributed by atoms with Crippen molar-refractivity contribution in [1.29, 1.82) is 0 Å². The topological polar surface area (TPSA) is 97.5 Å². The van der Waals surface area contributed by atoms with Gasteiger partial charge in [0, 0.05) is 19.0 Å². The number of carbonyl (C=O) groups excluding carboxylic acids is 1. The number of nitrogens with zero attached hydrogens (tertiary/aromatic N) is 4. The molecule has 2 aliphatic heterocycles. The molecule has 2 heterocycles. The van der Waals surface area contributed by atoms with E-state index in [2.05, 4.69) is 5.10 Å². The molecule has 0 spiro atoms. The van der Waals surface area contributed by atoms with E-state index in [0.717, 1.165) is 23.1 Å². The highest BCUT2D eigenvalue weighted by atomic mass is 16.7. The molecule has 158 valence electrons. The molecule has 0 N–H and O–H groups in total. The first kappa shape index (κ1) is 21.0. The summed E-state index contributed by atoms with van der Waals surface area (Å²) in [7, 11) is 0. The third kappa shape index (κ3) is 5.23. The third-order valence-corrected chi connectivity index (χ3v) is 5.41. The normalized spacial score (nSPS) is 22.3. The Morgan fingerprint density at radius 1 is 1.34 bits per heavy atom. The predicted molar refractivity (Wildman–Crippen MR) is 107 cm³/mol. The molecule has 2 aliphatic rings. The van der Waals surface area contributed by atoms with Gasteiger partial charge in [-0.25, -0.2) is 19.8 Å². The van der Waals surface area contributed by atoms with Crippen LogP contribution in [0.4, 0.5) is 4.79 Å². The van der Waals surface area contributed by atoms with E-state index in [0.29, 0.717) is 26.2 Å². The number of rotatable bonds is 5. The first-order valence-electron chi connectivity index (χ1n) is 9.77. The van der Waals surface area contributed by atoms with Gasteiger partial charge in [0.15, 0.2) is 5.03 Å². The maximum absolute atomic E-state index is 12.6. The van der Waals surface area contributed by atoms with Crippen LogP contribution >= 0.6 is 0 Å². The lowest BCUT2D eigenvalue weighted by atomic mass is 9.97. The largest absolute Gasteiger partial charge is 0.444 e.